The maximum Gasteiger partial charge on any atom is 0.251 e. The van der Waals surface area contributed by atoms with Gasteiger partial charge in [0, 0.05) is 10.9 Å². The third-order valence-electron chi connectivity index (χ3n) is 4.08. The van der Waals surface area contributed by atoms with E-state index < -0.39 is 0 Å². The quantitative estimate of drug-likeness (QED) is 0.586. The van der Waals surface area contributed by atoms with Crippen LogP contribution in [0.2, 0.25) is 0 Å². The summed E-state index contributed by atoms with van der Waals surface area (Å²) in [4.78, 5) is 12.4. The van der Waals surface area contributed by atoms with E-state index in [0.717, 1.165) is 43.4 Å². The van der Waals surface area contributed by atoms with Crippen LogP contribution in [0.1, 0.15) is 55.8 Å². The maximum atomic E-state index is 12.4. The van der Waals surface area contributed by atoms with Gasteiger partial charge in [0.25, 0.3) is 5.91 Å². The molecule has 4 heteroatoms. The minimum atomic E-state index is -0.0621. The first-order chi connectivity index (χ1) is 10.2. The van der Waals surface area contributed by atoms with Crippen molar-refractivity contribution in [2.24, 2.45) is 0 Å². The summed E-state index contributed by atoms with van der Waals surface area (Å²) in [5.74, 6) is 0.840. The molecule has 0 unspecified atom stereocenters. The standard InChI is InChI=1S/C17H24BrNO2/c1-2-3-12-21-15-8-6-14(7-9-15)16(20)19-17(13-18)10-4-5-11-17/h6-9H,2-5,10-13H2,1H3,(H,19,20). The van der Waals surface area contributed by atoms with Gasteiger partial charge < -0.3 is 10.1 Å². The molecule has 2 rings (SSSR count). The molecule has 1 aromatic rings. The molecule has 0 radical (unpaired) electrons. The number of nitrogens with one attached hydrogen (secondary N) is 1. The Labute approximate surface area is 135 Å². The smallest absolute Gasteiger partial charge is 0.251 e. The molecule has 1 amide bonds. The lowest BCUT2D eigenvalue weighted by Crippen LogP contribution is -2.47. The van der Waals surface area contributed by atoms with Gasteiger partial charge in [-0.3, -0.25) is 4.79 Å². The van der Waals surface area contributed by atoms with Crippen molar-refractivity contribution in [3.63, 3.8) is 0 Å². The highest BCUT2D eigenvalue weighted by atomic mass is 79.9. The maximum absolute atomic E-state index is 12.4. The summed E-state index contributed by atoms with van der Waals surface area (Å²) in [5.41, 5.74) is 0.637. The lowest BCUT2D eigenvalue weighted by atomic mass is 10.00. The Morgan fingerprint density at radius 2 is 1.95 bits per heavy atom. The average molecular weight is 354 g/mol. The Bertz CT molecular complexity index is 452. The molecule has 1 aromatic carbocycles. The molecule has 116 valence electrons. The van der Waals surface area contributed by atoms with Crippen molar-refractivity contribution in [2.75, 3.05) is 11.9 Å². The number of carbonyl (C=O) groups excluding carboxylic acids is 1. The lowest BCUT2D eigenvalue weighted by molar-refractivity contribution is 0.0910. The van der Waals surface area contributed by atoms with Crippen LogP contribution in [0.5, 0.6) is 5.75 Å². The number of alkyl halides is 1. The Morgan fingerprint density at radius 1 is 1.29 bits per heavy atom. The summed E-state index contributed by atoms with van der Waals surface area (Å²) >= 11 is 3.55. The Kier molecular flexibility index (Phi) is 6.09. The summed E-state index contributed by atoms with van der Waals surface area (Å²) in [6.07, 6.45) is 6.67. The van der Waals surface area contributed by atoms with Gasteiger partial charge in [-0.05, 0) is 43.5 Å². The van der Waals surface area contributed by atoms with Gasteiger partial charge in [-0.2, -0.15) is 0 Å². The Hall–Kier alpha value is -1.03. The predicted octanol–water partition coefficient (Wildman–Crippen LogP) is 4.30. The molecule has 0 heterocycles. The van der Waals surface area contributed by atoms with Crippen molar-refractivity contribution >= 4 is 21.8 Å². The summed E-state index contributed by atoms with van der Waals surface area (Å²) < 4.78 is 5.62. The van der Waals surface area contributed by atoms with Crippen LogP contribution >= 0.6 is 15.9 Å². The monoisotopic (exact) mass is 353 g/mol. The summed E-state index contributed by atoms with van der Waals surface area (Å²) in [6.45, 7) is 2.87. The zero-order chi connectivity index (χ0) is 15.1. The van der Waals surface area contributed by atoms with Gasteiger partial charge in [-0.25, -0.2) is 0 Å². The topological polar surface area (TPSA) is 38.3 Å². The summed E-state index contributed by atoms with van der Waals surface area (Å²) in [7, 11) is 0. The second kappa shape index (κ2) is 7.83. The van der Waals surface area contributed by atoms with E-state index in [1.165, 1.54) is 12.8 Å². The van der Waals surface area contributed by atoms with Gasteiger partial charge in [0.1, 0.15) is 5.75 Å². The Balaban J connectivity index is 1.93. The first-order valence-electron chi connectivity index (χ1n) is 7.80. The molecule has 1 N–H and O–H groups in total. The molecule has 0 aromatic heterocycles. The van der Waals surface area contributed by atoms with Gasteiger partial charge in [0.2, 0.25) is 0 Å². The largest absolute Gasteiger partial charge is 0.494 e. The number of amides is 1. The van der Waals surface area contributed by atoms with E-state index in [0.29, 0.717) is 5.56 Å². The number of hydrogen-bond donors (Lipinski definition) is 1. The predicted molar refractivity (Wildman–Crippen MR) is 89.3 cm³/mol. The average Bonchev–Trinajstić information content (AvgIpc) is 2.97. The van der Waals surface area contributed by atoms with Crippen LogP contribution in [-0.4, -0.2) is 23.4 Å². The highest BCUT2D eigenvalue weighted by Gasteiger charge is 2.34. The lowest BCUT2D eigenvalue weighted by Gasteiger charge is -2.28. The Morgan fingerprint density at radius 3 is 2.52 bits per heavy atom. The van der Waals surface area contributed by atoms with Crippen LogP contribution in [-0.2, 0) is 0 Å². The second-order valence-corrected chi connectivity index (χ2v) is 6.36. The third kappa shape index (κ3) is 4.47. The highest BCUT2D eigenvalue weighted by molar-refractivity contribution is 9.09. The van der Waals surface area contributed by atoms with Crippen molar-refractivity contribution in [1.82, 2.24) is 5.32 Å². The van der Waals surface area contributed by atoms with E-state index in [4.69, 9.17) is 4.74 Å². The molecule has 0 bridgehead atoms. The number of carbonyl (C=O) groups is 1. The van der Waals surface area contributed by atoms with E-state index in [-0.39, 0.29) is 11.4 Å². The van der Waals surface area contributed by atoms with Crippen molar-refractivity contribution in [3.8, 4) is 5.75 Å². The molecule has 1 aliphatic rings. The fraction of sp³-hybridized carbons (Fsp3) is 0.588. The number of rotatable bonds is 7. The molecule has 0 aliphatic heterocycles. The number of halogens is 1. The molecule has 0 spiro atoms. The van der Waals surface area contributed by atoms with Gasteiger partial charge in [-0.1, -0.05) is 42.1 Å². The van der Waals surface area contributed by atoms with E-state index in [1.54, 1.807) is 0 Å². The summed E-state index contributed by atoms with van der Waals surface area (Å²) in [6, 6.07) is 7.43. The molecular formula is C17H24BrNO2. The van der Waals surface area contributed by atoms with Crippen LogP contribution in [0.3, 0.4) is 0 Å². The van der Waals surface area contributed by atoms with E-state index in [2.05, 4.69) is 28.2 Å². The first-order valence-corrected chi connectivity index (χ1v) is 8.92. The normalized spacial score (nSPS) is 16.7. The van der Waals surface area contributed by atoms with E-state index in [9.17, 15) is 4.79 Å². The van der Waals surface area contributed by atoms with Gasteiger partial charge >= 0.3 is 0 Å². The van der Waals surface area contributed by atoms with Gasteiger partial charge in [-0.15, -0.1) is 0 Å². The zero-order valence-corrected chi connectivity index (χ0v) is 14.2. The molecule has 1 saturated carbocycles. The molecule has 0 saturated heterocycles. The minimum Gasteiger partial charge on any atom is -0.494 e. The first kappa shape index (κ1) is 16.3. The van der Waals surface area contributed by atoms with Gasteiger partial charge in [0.05, 0.1) is 12.1 Å². The molecule has 21 heavy (non-hydrogen) atoms. The number of unbranched alkanes of at least 4 members (excludes halogenated alkanes) is 1. The summed E-state index contributed by atoms with van der Waals surface area (Å²) in [5, 5.41) is 4.03. The fourth-order valence-corrected chi connectivity index (χ4v) is 3.39. The third-order valence-corrected chi connectivity index (χ3v) is 5.15. The molecular weight excluding hydrogens is 330 g/mol. The van der Waals surface area contributed by atoms with Crippen molar-refractivity contribution in [2.45, 2.75) is 51.0 Å². The van der Waals surface area contributed by atoms with Crippen LogP contribution in [0.15, 0.2) is 24.3 Å². The number of ether oxygens (including phenoxy) is 1. The zero-order valence-electron chi connectivity index (χ0n) is 12.7. The molecule has 1 fully saturated rings. The number of hydrogen-bond acceptors (Lipinski definition) is 2. The molecule has 0 atom stereocenters. The minimum absolute atomic E-state index is 0.0106. The van der Waals surface area contributed by atoms with E-state index >= 15 is 0 Å². The van der Waals surface area contributed by atoms with Crippen LogP contribution < -0.4 is 10.1 Å². The van der Waals surface area contributed by atoms with E-state index in [1.807, 2.05) is 24.3 Å². The SMILES string of the molecule is CCCCOc1ccc(C(=O)NC2(CBr)CCCC2)cc1. The van der Waals surface area contributed by atoms with Crippen LogP contribution in [0.25, 0.3) is 0 Å². The van der Waals surface area contributed by atoms with Crippen LogP contribution in [0, 0.1) is 0 Å². The van der Waals surface area contributed by atoms with Crippen LogP contribution in [0.4, 0.5) is 0 Å². The van der Waals surface area contributed by atoms with Crippen molar-refractivity contribution in [1.29, 1.82) is 0 Å². The second-order valence-electron chi connectivity index (χ2n) is 5.80. The molecule has 1 aliphatic carbocycles. The number of benzene rings is 1. The molecule has 3 nitrogen and oxygen atoms in total. The van der Waals surface area contributed by atoms with Gasteiger partial charge in [0.15, 0.2) is 0 Å². The van der Waals surface area contributed by atoms with Crippen molar-refractivity contribution in [3.05, 3.63) is 29.8 Å². The fourth-order valence-electron chi connectivity index (χ4n) is 2.69. The van der Waals surface area contributed by atoms with Crippen molar-refractivity contribution < 1.29 is 9.53 Å². The highest BCUT2D eigenvalue weighted by Crippen LogP contribution is 2.31.